The lowest BCUT2D eigenvalue weighted by molar-refractivity contribution is 0.491. The first-order chi connectivity index (χ1) is 10.0. The summed E-state index contributed by atoms with van der Waals surface area (Å²) in [6, 6.07) is 6.88. The topological polar surface area (TPSA) is 42.7 Å². The molecule has 5 heteroatoms. The maximum Gasteiger partial charge on any atom is 0.153 e. The fourth-order valence-corrected chi connectivity index (χ4v) is 3.06. The number of rotatable bonds is 6. The highest BCUT2D eigenvalue weighted by Gasteiger charge is 2.20. The van der Waals surface area contributed by atoms with E-state index in [4.69, 9.17) is 0 Å². The molecule has 0 saturated heterocycles. The van der Waals surface area contributed by atoms with Crippen LogP contribution in [0, 0.1) is 13.8 Å². The number of aryl methyl sites for hydroxylation is 3. The monoisotopic (exact) mass is 350 g/mol. The lowest BCUT2D eigenvalue weighted by Gasteiger charge is -2.19. The summed E-state index contributed by atoms with van der Waals surface area (Å²) in [5.74, 6) is 0. The number of benzene rings is 1. The molecule has 21 heavy (non-hydrogen) atoms. The van der Waals surface area contributed by atoms with E-state index in [-0.39, 0.29) is 6.04 Å². The van der Waals surface area contributed by atoms with Crippen LogP contribution in [0.3, 0.4) is 0 Å². The highest BCUT2D eigenvalue weighted by molar-refractivity contribution is 9.10. The predicted octanol–water partition coefficient (Wildman–Crippen LogP) is 3.48. The van der Waals surface area contributed by atoms with Gasteiger partial charge in [0.15, 0.2) is 4.60 Å². The first kappa shape index (κ1) is 16.2. The molecular formula is C16H23BrN4. The Labute approximate surface area is 135 Å². The molecule has 114 valence electrons. The number of nitrogens with zero attached hydrogens (tertiary/aromatic N) is 3. The molecule has 0 spiro atoms. The van der Waals surface area contributed by atoms with Gasteiger partial charge in [-0.2, -0.15) is 0 Å². The van der Waals surface area contributed by atoms with Gasteiger partial charge < -0.3 is 5.32 Å². The minimum absolute atomic E-state index is 0.210. The number of hydrogen-bond acceptors (Lipinski definition) is 3. The van der Waals surface area contributed by atoms with E-state index in [1.165, 1.54) is 16.7 Å². The van der Waals surface area contributed by atoms with E-state index >= 15 is 0 Å². The Balaban J connectivity index is 2.26. The molecule has 1 N–H and O–H groups in total. The normalized spacial score (nSPS) is 12.6. The third-order valence-corrected chi connectivity index (χ3v) is 4.37. The summed E-state index contributed by atoms with van der Waals surface area (Å²) < 4.78 is 2.67. The molecule has 1 aromatic carbocycles. The zero-order valence-electron chi connectivity index (χ0n) is 13.2. The van der Waals surface area contributed by atoms with Crippen LogP contribution in [0.25, 0.3) is 0 Å². The van der Waals surface area contributed by atoms with Crippen molar-refractivity contribution in [1.82, 2.24) is 20.3 Å². The molecule has 0 fully saturated rings. The van der Waals surface area contributed by atoms with E-state index in [0.717, 1.165) is 29.7 Å². The van der Waals surface area contributed by atoms with Gasteiger partial charge in [-0.1, -0.05) is 30.3 Å². The molecule has 1 unspecified atom stereocenters. The minimum Gasteiger partial charge on any atom is -0.308 e. The van der Waals surface area contributed by atoms with E-state index in [9.17, 15) is 0 Å². The van der Waals surface area contributed by atoms with E-state index < -0.39 is 0 Å². The van der Waals surface area contributed by atoms with Gasteiger partial charge in [0.25, 0.3) is 0 Å². The van der Waals surface area contributed by atoms with Crippen LogP contribution in [-0.2, 0) is 13.5 Å². The van der Waals surface area contributed by atoms with Crippen molar-refractivity contribution in [2.75, 3.05) is 6.54 Å². The fourth-order valence-electron chi connectivity index (χ4n) is 2.46. The van der Waals surface area contributed by atoms with E-state index in [2.05, 4.69) is 70.5 Å². The summed E-state index contributed by atoms with van der Waals surface area (Å²) in [6.07, 6.45) is 2.03. The van der Waals surface area contributed by atoms with Gasteiger partial charge in [0.1, 0.15) is 0 Å². The number of aromatic nitrogens is 3. The summed E-state index contributed by atoms with van der Waals surface area (Å²) in [5.41, 5.74) is 5.10. The van der Waals surface area contributed by atoms with Crippen molar-refractivity contribution in [3.63, 3.8) is 0 Å². The second-order valence-electron chi connectivity index (χ2n) is 5.52. The van der Waals surface area contributed by atoms with Crippen molar-refractivity contribution < 1.29 is 0 Å². The van der Waals surface area contributed by atoms with Gasteiger partial charge in [-0.3, -0.25) is 0 Å². The van der Waals surface area contributed by atoms with Crippen molar-refractivity contribution in [2.45, 2.75) is 39.7 Å². The van der Waals surface area contributed by atoms with Crippen molar-refractivity contribution in [3.05, 3.63) is 45.2 Å². The average Bonchev–Trinajstić information content (AvgIpc) is 2.78. The Morgan fingerprint density at radius 3 is 2.62 bits per heavy atom. The van der Waals surface area contributed by atoms with Gasteiger partial charge in [0, 0.05) is 7.05 Å². The van der Waals surface area contributed by atoms with E-state index in [0.29, 0.717) is 0 Å². The molecule has 0 aliphatic rings. The second kappa shape index (κ2) is 7.18. The smallest absolute Gasteiger partial charge is 0.153 e. The van der Waals surface area contributed by atoms with Crippen LogP contribution in [0.2, 0.25) is 0 Å². The van der Waals surface area contributed by atoms with Gasteiger partial charge >= 0.3 is 0 Å². The Kier molecular flexibility index (Phi) is 5.53. The molecule has 0 aliphatic carbocycles. The van der Waals surface area contributed by atoms with Crippen LogP contribution in [-0.4, -0.2) is 21.5 Å². The number of halogens is 1. The summed E-state index contributed by atoms with van der Waals surface area (Å²) in [5, 5.41) is 11.8. The number of hydrogen-bond donors (Lipinski definition) is 1. The van der Waals surface area contributed by atoms with Gasteiger partial charge in [-0.25, -0.2) is 4.68 Å². The summed E-state index contributed by atoms with van der Waals surface area (Å²) in [6.45, 7) is 7.46. The number of nitrogens with one attached hydrogen (secondary N) is 1. The maximum atomic E-state index is 4.11. The van der Waals surface area contributed by atoms with Crippen LogP contribution >= 0.6 is 15.9 Å². The molecular weight excluding hydrogens is 328 g/mol. The Morgan fingerprint density at radius 1 is 1.29 bits per heavy atom. The van der Waals surface area contributed by atoms with Crippen molar-refractivity contribution in [2.24, 2.45) is 7.05 Å². The molecule has 2 rings (SSSR count). The molecule has 0 bridgehead atoms. The first-order valence-corrected chi connectivity index (χ1v) is 8.16. The molecule has 1 aromatic heterocycles. The third kappa shape index (κ3) is 3.92. The van der Waals surface area contributed by atoms with Crippen LogP contribution in [0.15, 0.2) is 22.8 Å². The third-order valence-electron chi connectivity index (χ3n) is 3.81. The van der Waals surface area contributed by atoms with Crippen molar-refractivity contribution in [1.29, 1.82) is 0 Å². The van der Waals surface area contributed by atoms with Gasteiger partial charge in [-0.05, 0) is 65.9 Å². The minimum atomic E-state index is 0.210. The van der Waals surface area contributed by atoms with Crippen LogP contribution in [0.5, 0.6) is 0 Å². The highest BCUT2D eigenvalue weighted by Crippen LogP contribution is 2.24. The van der Waals surface area contributed by atoms with Crippen LogP contribution in [0.1, 0.15) is 41.8 Å². The Morgan fingerprint density at radius 2 is 2.05 bits per heavy atom. The standard InChI is InChI=1S/C16H23BrN4/c1-5-8-18-14(15-16(17)19-20-21(15)4)10-13-7-6-11(2)12(3)9-13/h6-7,9,14,18H,5,8,10H2,1-4H3. The molecule has 0 radical (unpaired) electrons. The van der Waals surface area contributed by atoms with Crippen molar-refractivity contribution in [3.8, 4) is 0 Å². The summed E-state index contributed by atoms with van der Waals surface area (Å²) in [7, 11) is 1.94. The molecule has 0 saturated carbocycles. The fraction of sp³-hybridized carbons (Fsp3) is 0.500. The zero-order chi connectivity index (χ0) is 15.4. The lowest BCUT2D eigenvalue weighted by Crippen LogP contribution is -2.26. The molecule has 2 aromatic rings. The maximum absolute atomic E-state index is 4.11. The van der Waals surface area contributed by atoms with Crippen molar-refractivity contribution >= 4 is 15.9 Å². The zero-order valence-corrected chi connectivity index (χ0v) is 14.7. The Hall–Kier alpha value is -1.20. The molecule has 0 aliphatic heterocycles. The van der Waals surface area contributed by atoms with Crippen LogP contribution < -0.4 is 5.32 Å². The molecule has 1 heterocycles. The van der Waals surface area contributed by atoms with Crippen LogP contribution in [0.4, 0.5) is 0 Å². The lowest BCUT2D eigenvalue weighted by atomic mass is 9.99. The molecule has 0 amide bonds. The van der Waals surface area contributed by atoms with E-state index in [1.807, 2.05) is 11.7 Å². The molecule has 1 atom stereocenters. The average molecular weight is 351 g/mol. The van der Waals surface area contributed by atoms with E-state index in [1.54, 1.807) is 0 Å². The Bertz CT molecular complexity index is 587. The second-order valence-corrected chi connectivity index (χ2v) is 6.27. The first-order valence-electron chi connectivity index (χ1n) is 7.37. The van der Waals surface area contributed by atoms with Gasteiger partial charge in [0.05, 0.1) is 11.7 Å². The molecule has 4 nitrogen and oxygen atoms in total. The quantitative estimate of drug-likeness (QED) is 0.867. The highest BCUT2D eigenvalue weighted by atomic mass is 79.9. The summed E-state index contributed by atoms with van der Waals surface area (Å²) >= 11 is 3.51. The van der Waals surface area contributed by atoms with Gasteiger partial charge in [-0.15, -0.1) is 5.10 Å². The predicted molar refractivity (Wildman–Crippen MR) is 89.4 cm³/mol. The largest absolute Gasteiger partial charge is 0.308 e. The summed E-state index contributed by atoms with van der Waals surface area (Å²) in [4.78, 5) is 0. The van der Waals surface area contributed by atoms with Gasteiger partial charge in [0.2, 0.25) is 0 Å². The SMILES string of the molecule is CCCNC(Cc1ccc(C)c(C)c1)c1c(Br)nnn1C.